The molecule has 0 saturated heterocycles. The fourth-order valence-corrected chi connectivity index (χ4v) is 1.26. The lowest BCUT2D eigenvalue weighted by Crippen LogP contribution is -2.33. The molecule has 3 nitrogen and oxygen atoms in total. The molecule has 2 N–H and O–H groups in total. The maximum atomic E-state index is 11.9. The summed E-state index contributed by atoms with van der Waals surface area (Å²) in [5, 5.41) is 4.74. The third-order valence-electron chi connectivity index (χ3n) is 2.05. The van der Waals surface area contributed by atoms with Crippen LogP contribution >= 0.6 is 0 Å². The van der Waals surface area contributed by atoms with Gasteiger partial charge in [0.15, 0.2) is 0 Å². The number of nitrogens with one attached hydrogen (secondary N) is 2. The number of hydrogen-bond donors (Lipinski definition) is 2. The standard InChI is InChI=1S/C11H13F3N2O/c1-15-6-8-2-4-9(5-3-8)10(17)16-7-11(12,13)14/h2-5,15H,6-7H2,1H3,(H,16,17). The van der Waals surface area contributed by atoms with E-state index in [-0.39, 0.29) is 5.56 Å². The summed E-state index contributed by atoms with van der Waals surface area (Å²) >= 11 is 0. The Morgan fingerprint density at radius 1 is 1.24 bits per heavy atom. The molecule has 0 aliphatic heterocycles. The van der Waals surface area contributed by atoms with Gasteiger partial charge in [0.2, 0.25) is 0 Å². The van der Waals surface area contributed by atoms with Crippen molar-refractivity contribution in [3.63, 3.8) is 0 Å². The Labute approximate surface area is 97.0 Å². The third-order valence-corrected chi connectivity index (χ3v) is 2.05. The van der Waals surface area contributed by atoms with Crippen LogP contribution in [0.3, 0.4) is 0 Å². The first-order valence-electron chi connectivity index (χ1n) is 5.01. The molecule has 1 rings (SSSR count). The van der Waals surface area contributed by atoms with Crippen LogP contribution in [-0.2, 0) is 6.54 Å². The van der Waals surface area contributed by atoms with E-state index in [9.17, 15) is 18.0 Å². The molecule has 0 bridgehead atoms. The smallest absolute Gasteiger partial charge is 0.343 e. The highest BCUT2D eigenvalue weighted by atomic mass is 19.4. The number of amides is 1. The monoisotopic (exact) mass is 246 g/mol. The minimum Gasteiger partial charge on any atom is -0.343 e. The van der Waals surface area contributed by atoms with E-state index in [1.807, 2.05) is 5.32 Å². The van der Waals surface area contributed by atoms with Crippen molar-refractivity contribution in [2.75, 3.05) is 13.6 Å². The molecule has 0 saturated carbocycles. The molecule has 0 heterocycles. The Bertz CT molecular complexity index is 373. The van der Waals surface area contributed by atoms with E-state index in [0.29, 0.717) is 6.54 Å². The van der Waals surface area contributed by atoms with Gasteiger partial charge < -0.3 is 10.6 Å². The van der Waals surface area contributed by atoms with Crippen LogP contribution in [0, 0.1) is 0 Å². The first-order valence-corrected chi connectivity index (χ1v) is 5.01. The van der Waals surface area contributed by atoms with Crippen molar-refractivity contribution in [1.29, 1.82) is 0 Å². The van der Waals surface area contributed by atoms with Crippen molar-refractivity contribution in [3.05, 3.63) is 35.4 Å². The fraction of sp³-hybridized carbons (Fsp3) is 0.364. The summed E-state index contributed by atoms with van der Waals surface area (Å²) in [4.78, 5) is 11.3. The first kappa shape index (κ1) is 13.5. The molecule has 6 heteroatoms. The van der Waals surface area contributed by atoms with Gasteiger partial charge in [0, 0.05) is 12.1 Å². The molecule has 0 unspecified atom stereocenters. The lowest BCUT2D eigenvalue weighted by Gasteiger charge is -2.08. The van der Waals surface area contributed by atoms with Crippen LogP contribution in [0.25, 0.3) is 0 Å². The van der Waals surface area contributed by atoms with Crippen LogP contribution in [0.15, 0.2) is 24.3 Å². The van der Waals surface area contributed by atoms with Gasteiger partial charge in [-0.15, -0.1) is 0 Å². The van der Waals surface area contributed by atoms with Gasteiger partial charge in [-0.25, -0.2) is 0 Å². The Morgan fingerprint density at radius 2 is 1.82 bits per heavy atom. The van der Waals surface area contributed by atoms with Gasteiger partial charge in [-0.2, -0.15) is 13.2 Å². The zero-order valence-corrected chi connectivity index (χ0v) is 9.27. The second kappa shape index (κ2) is 5.67. The summed E-state index contributed by atoms with van der Waals surface area (Å²) in [5.74, 6) is -0.724. The van der Waals surface area contributed by atoms with Crippen molar-refractivity contribution in [3.8, 4) is 0 Å². The number of alkyl halides is 3. The highest BCUT2D eigenvalue weighted by Gasteiger charge is 2.27. The van der Waals surface area contributed by atoms with Gasteiger partial charge in [-0.05, 0) is 24.7 Å². The number of carbonyl (C=O) groups excluding carboxylic acids is 1. The molecule has 0 spiro atoms. The number of benzene rings is 1. The average Bonchev–Trinajstić information content (AvgIpc) is 2.26. The van der Waals surface area contributed by atoms with Gasteiger partial charge in [-0.3, -0.25) is 4.79 Å². The lowest BCUT2D eigenvalue weighted by molar-refractivity contribution is -0.123. The third kappa shape index (κ3) is 4.86. The molecule has 1 amide bonds. The molecule has 94 valence electrons. The molecule has 0 aliphatic carbocycles. The minimum absolute atomic E-state index is 0.217. The van der Waals surface area contributed by atoms with Crippen molar-refractivity contribution < 1.29 is 18.0 Å². The maximum absolute atomic E-state index is 11.9. The summed E-state index contributed by atoms with van der Waals surface area (Å²) in [6.45, 7) is -0.672. The van der Waals surface area contributed by atoms with Gasteiger partial charge >= 0.3 is 6.18 Å². The lowest BCUT2D eigenvalue weighted by atomic mass is 10.1. The van der Waals surface area contributed by atoms with E-state index in [2.05, 4.69) is 5.32 Å². The molecular weight excluding hydrogens is 233 g/mol. The van der Waals surface area contributed by atoms with Crippen LogP contribution < -0.4 is 10.6 Å². The number of carbonyl (C=O) groups is 1. The summed E-state index contributed by atoms with van der Waals surface area (Å²) in [5.41, 5.74) is 1.17. The molecule has 0 radical (unpaired) electrons. The molecule has 17 heavy (non-hydrogen) atoms. The van der Waals surface area contributed by atoms with Crippen LogP contribution in [0.2, 0.25) is 0 Å². The highest BCUT2D eigenvalue weighted by molar-refractivity contribution is 5.94. The second-order valence-corrected chi connectivity index (χ2v) is 3.53. The van der Waals surface area contributed by atoms with E-state index >= 15 is 0 Å². The van der Waals surface area contributed by atoms with Crippen molar-refractivity contribution in [1.82, 2.24) is 10.6 Å². The highest BCUT2D eigenvalue weighted by Crippen LogP contribution is 2.12. The summed E-state index contributed by atoms with van der Waals surface area (Å²) < 4.78 is 35.6. The Balaban J connectivity index is 2.57. The zero-order chi connectivity index (χ0) is 12.9. The Hall–Kier alpha value is -1.56. The zero-order valence-electron chi connectivity index (χ0n) is 9.27. The Kier molecular flexibility index (Phi) is 4.51. The SMILES string of the molecule is CNCc1ccc(C(=O)NCC(F)(F)F)cc1. The van der Waals surface area contributed by atoms with Crippen LogP contribution in [0.1, 0.15) is 15.9 Å². The van der Waals surface area contributed by atoms with Crippen LogP contribution in [0.5, 0.6) is 0 Å². The largest absolute Gasteiger partial charge is 0.405 e. The van der Waals surface area contributed by atoms with E-state index in [0.717, 1.165) is 5.56 Å². The van der Waals surface area contributed by atoms with Gasteiger partial charge in [0.05, 0.1) is 0 Å². The quantitative estimate of drug-likeness (QED) is 0.849. The molecule has 0 fully saturated rings. The van der Waals surface area contributed by atoms with E-state index in [4.69, 9.17) is 0 Å². The summed E-state index contributed by atoms with van der Waals surface area (Å²) in [7, 11) is 1.78. The summed E-state index contributed by atoms with van der Waals surface area (Å²) in [6.07, 6.45) is -4.39. The Morgan fingerprint density at radius 3 is 2.29 bits per heavy atom. The maximum Gasteiger partial charge on any atom is 0.405 e. The topological polar surface area (TPSA) is 41.1 Å². The number of halogens is 3. The number of hydrogen-bond acceptors (Lipinski definition) is 2. The van der Waals surface area contributed by atoms with Crippen molar-refractivity contribution >= 4 is 5.91 Å². The molecule has 1 aromatic rings. The molecule has 0 atom stereocenters. The first-order chi connectivity index (χ1) is 7.92. The van der Waals surface area contributed by atoms with Crippen LogP contribution in [-0.4, -0.2) is 25.7 Å². The van der Waals surface area contributed by atoms with Gasteiger partial charge in [-0.1, -0.05) is 12.1 Å². The minimum atomic E-state index is -4.39. The molecule has 0 aromatic heterocycles. The van der Waals surface area contributed by atoms with Gasteiger partial charge in [0.25, 0.3) is 5.91 Å². The van der Waals surface area contributed by atoms with Gasteiger partial charge in [0.1, 0.15) is 6.54 Å². The van der Waals surface area contributed by atoms with E-state index in [1.54, 1.807) is 19.2 Å². The summed E-state index contributed by atoms with van der Waals surface area (Å²) in [6, 6.07) is 6.38. The number of rotatable bonds is 4. The molecular formula is C11H13F3N2O. The second-order valence-electron chi connectivity index (χ2n) is 3.53. The molecule has 1 aromatic carbocycles. The van der Waals surface area contributed by atoms with Crippen molar-refractivity contribution in [2.24, 2.45) is 0 Å². The van der Waals surface area contributed by atoms with Crippen molar-refractivity contribution in [2.45, 2.75) is 12.7 Å². The molecule has 0 aliphatic rings. The predicted octanol–water partition coefficient (Wildman–Crippen LogP) is 1.70. The van der Waals surface area contributed by atoms with Crippen LogP contribution in [0.4, 0.5) is 13.2 Å². The predicted molar refractivity (Wildman–Crippen MR) is 57.6 cm³/mol. The fourth-order valence-electron chi connectivity index (χ4n) is 1.26. The van der Waals surface area contributed by atoms with E-state index in [1.165, 1.54) is 12.1 Å². The van der Waals surface area contributed by atoms with E-state index < -0.39 is 18.6 Å². The average molecular weight is 246 g/mol. The normalized spacial score (nSPS) is 11.3.